The van der Waals surface area contributed by atoms with Crippen molar-refractivity contribution in [3.8, 4) is 0 Å². The molecule has 2 aromatic rings. The van der Waals surface area contributed by atoms with Crippen molar-refractivity contribution in [2.75, 3.05) is 5.32 Å². The molecule has 2 rings (SSSR count). The van der Waals surface area contributed by atoms with Gasteiger partial charge in [-0.2, -0.15) is 5.10 Å². The molecule has 5 nitrogen and oxygen atoms in total. The van der Waals surface area contributed by atoms with E-state index in [0.29, 0.717) is 9.54 Å². The lowest BCUT2D eigenvalue weighted by Crippen LogP contribution is -2.04. The van der Waals surface area contributed by atoms with Crippen LogP contribution in [-0.4, -0.2) is 19.5 Å². The zero-order valence-electron chi connectivity index (χ0n) is 6.93. The van der Waals surface area contributed by atoms with Crippen molar-refractivity contribution < 1.29 is 4.42 Å². The molecule has 7 heteroatoms. The fourth-order valence-electron chi connectivity index (χ4n) is 0.801. The molecule has 0 aromatic carbocycles. The number of aromatic amines is 1. The zero-order chi connectivity index (χ0) is 9.80. The SMILES string of the molecule is S=C(Nc1ccn[nH]1)Sc1ncco1. The smallest absolute Gasteiger partial charge is 0.262 e. The van der Waals surface area contributed by atoms with Gasteiger partial charge in [0.25, 0.3) is 5.22 Å². The van der Waals surface area contributed by atoms with Gasteiger partial charge in [0, 0.05) is 6.07 Å². The van der Waals surface area contributed by atoms with Crippen LogP contribution in [0.15, 0.2) is 34.4 Å². The number of nitrogens with zero attached hydrogens (tertiary/aromatic N) is 2. The lowest BCUT2D eigenvalue weighted by atomic mass is 10.6. The standard InChI is InChI=1S/C7H6N4OS2/c13-7(10-5-1-2-9-11-5)14-6-8-3-4-12-6/h1-4H,(H2,9,10,11,13). The van der Waals surface area contributed by atoms with Gasteiger partial charge in [0.05, 0.1) is 12.4 Å². The van der Waals surface area contributed by atoms with E-state index in [1.807, 2.05) is 0 Å². The summed E-state index contributed by atoms with van der Waals surface area (Å²) in [6.07, 6.45) is 4.71. The Bertz CT molecular complexity index is 359. The Hall–Kier alpha value is -1.34. The van der Waals surface area contributed by atoms with Crippen LogP contribution in [0.4, 0.5) is 5.82 Å². The fourth-order valence-corrected chi connectivity index (χ4v) is 1.66. The highest BCUT2D eigenvalue weighted by Gasteiger charge is 2.04. The van der Waals surface area contributed by atoms with Crippen LogP contribution in [0.5, 0.6) is 0 Å². The predicted molar refractivity (Wildman–Crippen MR) is 57.2 cm³/mol. The number of hydrogen-bond donors (Lipinski definition) is 2. The van der Waals surface area contributed by atoms with E-state index in [2.05, 4.69) is 20.5 Å². The van der Waals surface area contributed by atoms with Gasteiger partial charge in [-0.15, -0.1) is 0 Å². The van der Waals surface area contributed by atoms with E-state index in [4.69, 9.17) is 16.6 Å². The normalized spacial score (nSPS) is 10.0. The second kappa shape index (κ2) is 4.25. The quantitative estimate of drug-likeness (QED) is 0.602. The van der Waals surface area contributed by atoms with Gasteiger partial charge in [-0.3, -0.25) is 5.10 Å². The Labute approximate surface area is 89.3 Å². The van der Waals surface area contributed by atoms with E-state index in [-0.39, 0.29) is 0 Å². The summed E-state index contributed by atoms with van der Waals surface area (Å²) >= 11 is 6.30. The van der Waals surface area contributed by atoms with Gasteiger partial charge in [0.15, 0.2) is 0 Å². The third-order valence-corrected chi connectivity index (χ3v) is 2.34. The minimum atomic E-state index is 0.516. The van der Waals surface area contributed by atoms with E-state index in [0.717, 1.165) is 5.82 Å². The maximum absolute atomic E-state index is 5.05. The molecule has 0 saturated heterocycles. The summed E-state index contributed by atoms with van der Waals surface area (Å²) in [5.41, 5.74) is 0. The Morgan fingerprint density at radius 3 is 3.14 bits per heavy atom. The first-order chi connectivity index (χ1) is 6.84. The van der Waals surface area contributed by atoms with E-state index in [9.17, 15) is 0 Å². The van der Waals surface area contributed by atoms with Crippen molar-refractivity contribution in [3.05, 3.63) is 24.7 Å². The van der Waals surface area contributed by atoms with Gasteiger partial charge in [-0.05, 0) is 11.8 Å². The van der Waals surface area contributed by atoms with E-state index in [1.54, 1.807) is 18.5 Å². The average molecular weight is 226 g/mol. The number of hydrogen-bond acceptors (Lipinski definition) is 5. The Balaban J connectivity index is 1.91. The van der Waals surface area contributed by atoms with E-state index < -0.39 is 0 Å². The number of nitrogens with one attached hydrogen (secondary N) is 2. The van der Waals surface area contributed by atoms with Crippen LogP contribution >= 0.6 is 24.0 Å². The van der Waals surface area contributed by atoms with Crippen LogP contribution in [-0.2, 0) is 0 Å². The summed E-state index contributed by atoms with van der Waals surface area (Å²) < 4.78 is 5.57. The molecular formula is C7H6N4OS2. The van der Waals surface area contributed by atoms with Crippen LogP contribution < -0.4 is 5.32 Å². The molecule has 0 amide bonds. The molecule has 2 aromatic heterocycles. The summed E-state index contributed by atoms with van der Waals surface area (Å²) in [6.45, 7) is 0. The average Bonchev–Trinajstić information content (AvgIpc) is 2.76. The first-order valence-corrected chi connectivity index (χ1v) is 4.95. The first-order valence-electron chi connectivity index (χ1n) is 3.72. The maximum atomic E-state index is 5.05. The van der Waals surface area contributed by atoms with Crippen LogP contribution in [0.2, 0.25) is 0 Å². The molecule has 2 heterocycles. The first kappa shape index (κ1) is 9.22. The molecule has 0 aliphatic rings. The van der Waals surface area contributed by atoms with Gasteiger partial charge in [-0.25, -0.2) is 4.98 Å². The van der Waals surface area contributed by atoms with Crippen LogP contribution in [0.3, 0.4) is 0 Å². The minimum absolute atomic E-state index is 0.516. The van der Waals surface area contributed by atoms with Crippen LogP contribution in [0, 0.1) is 0 Å². The Morgan fingerprint density at radius 1 is 1.57 bits per heavy atom. The summed E-state index contributed by atoms with van der Waals surface area (Å²) in [5.74, 6) is 0.744. The number of thiocarbonyl (C=S) groups is 1. The van der Waals surface area contributed by atoms with Crippen LogP contribution in [0.1, 0.15) is 0 Å². The Morgan fingerprint density at radius 2 is 2.50 bits per heavy atom. The third-order valence-electron chi connectivity index (χ3n) is 1.33. The molecule has 0 fully saturated rings. The molecule has 0 atom stereocenters. The molecule has 0 bridgehead atoms. The monoisotopic (exact) mass is 226 g/mol. The number of rotatable bonds is 2. The van der Waals surface area contributed by atoms with Gasteiger partial charge in [-0.1, -0.05) is 12.2 Å². The van der Waals surface area contributed by atoms with Gasteiger partial charge in [0.2, 0.25) is 0 Å². The lowest BCUT2D eigenvalue weighted by molar-refractivity contribution is 0.455. The van der Waals surface area contributed by atoms with Crippen molar-refractivity contribution in [1.82, 2.24) is 15.2 Å². The predicted octanol–water partition coefficient (Wildman–Crippen LogP) is 1.89. The van der Waals surface area contributed by atoms with Gasteiger partial charge >= 0.3 is 0 Å². The number of oxazole rings is 1. The Kier molecular flexibility index (Phi) is 2.80. The lowest BCUT2D eigenvalue weighted by Gasteiger charge is -2.00. The van der Waals surface area contributed by atoms with E-state index in [1.165, 1.54) is 18.0 Å². The minimum Gasteiger partial charge on any atom is -0.440 e. The maximum Gasteiger partial charge on any atom is 0.262 e. The van der Waals surface area contributed by atoms with E-state index >= 15 is 0 Å². The molecule has 72 valence electrons. The molecule has 0 spiro atoms. The highest BCUT2D eigenvalue weighted by molar-refractivity contribution is 8.23. The van der Waals surface area contributed by atoms with Crippen molar-refractivity contribution in [1.29, 1.82) is 0 Å². The summed E-state index contributed by atoms with van der Waals surface area (Å²) in [5, 5.41) is 9.96. The topological polar surface area (TPSA) is 66.7 Å². The van der Waals surface area contributed by atoms with Crippen molar-refractivity contribution >= 4 is 34.1 Å². The second-order valence-electron chi connectivity index (χ2n) is 2.28. The largest absolute Gasteiger partial charge is 0.440 e. The third kappa shape index (κ3) is 2.33. The van der Waals surface area contributed by atoms with Crippen molar-refractivity contribution in [3.63, 3.8) is 0 Å². The number of thioether (sulfide) groups is 1. The molecule has 2 N–H and O–H groups in total. The van der Waals surface area contributed by atoms with Crippen molar-refractivity contribution in [2.45, 2.75) is 5.22 Å². The summed E-state index contributed by atoms with van der Waals surface area (Å²) in [6, 6.07) is 1.78. The van der Waals surface area contributed by atoms with Gasteiger partial charge < -0.3 is 9.73 Å². The fraction of sp³-hybridized carbons (Fsp3) is 0. The molecule has 14 heavy (non-hydrogen) atoms. The molecule has 0 unspecified atom stereocenters. The summed E-state index contributed by atoms with van der Waals surface area (Å²) in [7, 11) is 0. The van der Waals surface area contributed by atoms with Crippen LogP contribution in [0.25, 0.3) is 0 Å². The zero-order valence-corrected chi connectivity index (χ0v) is 8.56. The molecule has 0 aliphatic heterocycles. The molecule has 0 saturated carbocycles. The van der Waals surface area contributed by atoms with Gasteiger partial charge in [0.1, 0.15) is 16.4 Å². The number of aromatic nitrogens is 3. The number of H-pyrrole nitrogens is 1. The highest BCUT2D eigenvalue weighted by atomic mass is 32.2. The highest BCUT2D eigenvalue weighted by Crippen LogP contribution is 2.17. The molecular weight excluding hydrogens is 220 g/mol. The second-order valence-corrected chi connectivity index (χ2v) is 3.91. The summed E-state index contributed by atoms with van der Waals surface area (Å²) in [4.78, 5) is 3.93. The van der Waals surface area contributed by atoms with Crippen molar-refractivity contribution in [2.24, 2.45) is 0 Å². The number of anilines is 1. The molecule has 0 aliphatic carbocycles. The molecule has 0 radical (unpaired) electrons.